The Morgan fingerprint density at radius 3 is 2.82 bits per heavy atom. The molecule has 0 radical (unpaired) electrons. The minimum Gasteiger partial charge on any atom is -0.387 e. The first-order valence-corrected chi connectivity index (χ1v) is 6.50. The normalized spacial score (nSPS) is 20.2. The molecule has 2 N–H and O–H groups in total. The SMILES string of the molecule is CC(N=C(N)C1CCCCC1)c1cccnc1. The van der Waals surface area contributed by atoms with E-state index in [4.69, 9.17) is 5.73 Å². The van der Waals surface area contributed by atoms with Gasteiger partial charge >= 0.3 is 0 Å². The summed E-state index contributed by atoms with van der Waals surface area (Å²) in [5.41, 5.74) is 7.25. The fourth-order valence-electron chi connectivity index (χ4n) is 2.43. The molecular weight excluding hydrogens is 210 g/mol. The van der Waals surface area contributed by atoms with Crippen molar-refractivity contribution in [3.63, 3.8) is 0 Å². The third-order valence-electron chi connectivity index (χ3n) is 3.53. The van der Waals surface area contributed by atoms with Gasteiger partial charge in [0.15, 0.2) is 0 Å². The molecule has 1 aromatic rings. The van der Waals surface area contributed by atoms with Gasteiger partial charge in [0.2, 0.25) is 0 Å². The van der Waals surface area contributed by atoms with Gasteiger partial charge in [-0.3, -0.25) is 9.98 Å². The molecule has 1 aliphatic carbocycles. The number of nitrogens with two attached hydrogens (primary N) is 1. The molecule has 1 aliphatic rings. The average molecular weight is 231 g/mol. The molecular formula is C14H21N3. The van der Waals surface area contributed by atoms with Crippen LogP contribution in [0.25, 0.3) is 0 Å². The van der Waals surface area contributed by atoms with Crippen molar-refractivity contribution in [2.75, 3.05) is 0 Å². The zero-order valence-corrected chi connectivity index (χ0v) is 10.5. The van der Waals surface area contributed by atoms with E-state index in [1.165, 1.54) is 32.1 Å². The van der Waals surface area contributed by atoms with Crippen LogP contribution in [-0.4, -0.2) is 10.8 Å². The zero-order valence-electron chi connectivity index (χ0n) is 10.5. The summed E-state index contributed by atoms with van der Waals surface area (Å²) in [6, 6.07) is 4.11. The van der Waals surface area contributed by atoms with Crippen molar-refractivity contribution < 1.29 is 0 Å². The maximum Gasteiger partial charge on any atom is 0.0975 e. The zero-order chi connectivity index (χ0) is 12.1. The Hall–Kier alpha value is -1.38. The topological polar surface area (TPSA) is 51.3 Å². The van der Waals surface area contributed by atoms with Crippen LogP contribution in [0.4, 0.5) is 0 Å². The lowest BCUT2D eigenvalue weighted by atomic mass is 9.88. The van der Waals surface area contributed by atoms with Crippen LogP contribution >= 0.6 is 0 Å². The van der Waals surface area contributed by atoms with Gasteiger partial charge in [0.05, 0.1) is 11.9 Å². The molecule has 1 heterocycles. The van der Waals surface area contributed by atoms with Crippen molar-refractivity contribution in [1.29, 1.82) is 0 Å². The smallest absolute Gasteiger partial charge is 0.0975 e. The van der Waals surface area contributed by atoms with Crippen LogP contribution in [0.1, 0.15) is 50.6 Å². The Morgan fingerprint density at radius 1 is 1.41 bits per heavy atom. The first-order chi connectivity index (χ1) is 8.27. The molecule has 1 unspecified atom stereocenters. The van der Waals surface area contributed by atoms with Gasteiger partial charge in [-0.25, -0.2) is 0 Å². The monoisotopic (exact) mass is 231 g/mol. The number of nitrogens with zero attached hydrogens (tertiary/aromatic N) is 2. The number of pyridine rings is 1. The van der Waals surface area contributed by atoms with Crippen LogP contribution in [0.15, 0.2) is 29.5 Å². The van der Waals surface area contributed by atoms with Crippen LogP contribution < -0.4 is 5.73 Å². The molecule has 0 saturated heterocycles. The second-order valence-corrected chi connectivity index (χ2v) is 4.85. The molecule has 1 aromatic heterocycles. The van der Waals surface area contributed by atoms with Gasteiger partial charge in [-0.2, -0.15) is 0 Å². The van der Waals surface area contributed by atoms with E-state index in [0.717, 1.165) is 11.4 Å². The van der Waals surface area contributed by atoms with Gasteiger partial charge in [0, 0.05) is 18.3 Å². The highest BCUT2D eigenvalue weighted by molar-refractivity contribution is 5.83. The maximum atomic E-state index is 6.12. The maximum absolute atomic E-state index is 6.12. The largest absolute Gasteiger partial charge is 0.387 e. The second-order valence-electron chi connectivity index (χ2n) is 4.85. The van der Waals surface area contributed by atoms with E-state index in [1.807, 2.05) is 12.3 Å². The summed E-state index contributed by atoms with van der Waals surface area (Å²) in [5, 5.41) is 0. The van der Waals surface area contributed by atoms with Gasteiger partial charge in [-0.1, -0.05) is 25.3 Å². The Balaban J connectivity index is 2.02. The first kappa shape index (κ1) is 12.1. The quantitative estimate of drug-likeness (QED) is 0.642. The Morgan fingerprint density at radius 2 is 2.18 bits per heavy atom. The molecule has 0 spiro atoms. The third-order valence-corrected chi connectivity index (χ3v) is 3.53. The van der Waals surface area contributed by atoms with E-state index in [1.54, 1.807) is 6.20 Å². The predicted octanol–water partition coefficient (Wildman–Crippen LogP) is 3.08. The van der Waals surface area contributed by atoms with Gasteiger partial charge in [-0.15, -0.1) is 0 Å². The summed E-state index contributed by atoms with van der Waals surface area (Å²) in [4.78, 5) is 8.74. The molecule has 3 heteroatoms. The highest BCUT2D eigenvalue weighted by Crippen LogP contribution is 2.25. The summed E-state index contributed by atoms with van der Waals surface area (Å²) in [6.45, 7) is 2.08. The highest BCUT2D eigenvalue weighted by atomic mass is 14.9. The summed E-state index contributed by atoms with van der Waals surface area (Å²) in [7, 11) is 0. The predicted molar refractivity (Wildman–Crippen MR) is 70.8 cm³/mol. The molecule has 2 rings (SSSR count). The highest BCUT2D eigenvalue weighted by Gasteiger charge is 2.17. The van der Waals surface area contributed by atoms with Crippen molar-refractivity contribution in [3.8, 4) is 0 Å². The first-order valence-electron chi connectivity index (χ1n) is 6.50. The number of hydrogen-bond donors (Lipinski definition) is 1. The minimum absolute atomic E-state index is 0.116. The minimum atomic E-state index is 0.116. The number of rotatable bonds is 3. The number of hydrogen-bond acceptors (Lipinski definition) is 2. The standard InChI is InChI=1S/C14H21N3/c1-11(13-8-5-9-16-10-13)17-14(15)12-6-3-2-4-7-12/h5,8-12H,2-4,6-7H2,1H3,(H2,15,17). The molecule has 0 aliphatic heterocycles. The third kappa shape index (κ3) is 3.29. The van der Waals surface area contributed by atoms with Crippen molar-refractivity contribution in [2.24, 2.45) is 16.6 Å². The lowest BCUT2D eigenvalue weighted by Gasteiger charge is -2.21. The molecule has 0 aromatic carbocycles. The Kier molecular flexibility index (Phi) is 4.13. The fourth-order valence-corrected chi connectivity index (χ4v) is 2.43. The summed E-state index contributed by atoms with van der Waals surface area (Å²) < 4.78 is 0. The van der Waals surface area contributed by atoms with E-state index < -0.39 is 0 Å². The van der Waals surface area contributed by atoms with E-state index in [-0.39, 0.29) is 6.04 Å². The van der Waals surface area contributed by atoms with Crippen molar-refractivity contribution in [2.45, 2.75) is 45.1 Å². The molecule has 17 heavy (non-hydrogen) atoms. The van der Waals surface area contributed by atoms with Crippen LogP contribution in [-0.2, 0) is 0 Å². The summed E-state index contributed by atoms with van der Waals surface area (Å²) in [5.74, 6) is 1.34. The van der Waals surface area contributed by atoms with Crippen molar-refractivity contribution in [3.05, 3.63) is 30.1 Å². The number of aliphatic imine (C=N–C) groups is 1. The van der Waals surface area contributed by atoms with Crippen molar-refractivity contribution in [1.82, 2.24) is 4.98 Å². The molecule has 3 nitrogen and oxygen atoms in total. The average Bonchev–Trinajstić information content (AvgIpc) is 2.40. The Bertz CT molecular complexity index is 366. The summed E-state index contributed by atoms with van der Waals surface area (Å²) in [6.07, 6.45) is 9.99. The van der Waals surface area contributed by atoms with Crippen LogP contribution in [0, 0.1) is 5.92 Å². The second kappa shape index (κ2) is 5.80. The lowest BCUT2D eigenvalue weighted by molar-refractivity contribution is 0.435. The van der Waals surface area contributed by atoms with Gasteiger partial charge in [0.1, 0.15) is 0 Å². The molecule has 0 bridgehead atoms. The van der Waals surface area contributed by atoms with Crippen LogP contribution in [0.3, 0.4) is 0 Å². The number of amidine groups is 1. The molecule has 1 saturated carbocycles. The van der Waals surface area contributed by atoms with Crippen molar-refractivity contribution >= 4 is 5.84 Å². The molecule has 92 valence electrons. The van der Waals surface area contributed by atoms with E-state index in [9.17, 15) is 0 Å². The summed E-state index contributed by atoms with van der Waals surface area (Å²) >= 11 is 0. The number of aromatic nitrogens is 1. The van der Waals surface area contributed by atoms with Gasteiger partial charge in [0.25, 0.3) is 0 Å². The molecule has 1 fully saturated rings. The van der Waals surface area contributed by atoms with Gasteiger partial charge in [-0.05, 0) is 31.4 Å². The van der Waals surface area contributed by atoms with Crippen LogP contribution in [0.2, 0.25) is 0 Å². The fraction of sp³-hybridized carbons (Fsp3) is 0.571. The van der Waals surface area contributed by atoms with Gasteiger partial charge < -0.3 is 5.73 Å². The van der Waals surface area contributed by atoms with E-state index in [0.29, 0.717) is 5.92 Å². The van der Waals surface area contributed by atoms with Crippen LogP contribution in [0.5, 0.6) is 0 Å². The molecule has 0 amide bonds. The Labute approximate surface area is 103 Å². The lowest BCUT2D eigenvalue weighted by Crippen LogP contribution is -2.26. The van der Waals surface area contributed by atoms with E-state index in [2.05, 4.69) is 23.0 Å². The molecule has 1 atom stereocenters. The van der Waals surface area contributed by atoms with E-state index >= 15 is 0 Å².